The van der Waals surface area contributed by atoms with Gasteiger partial charge in [0.15, 0.2) is 6.29 Å². The van der Waals surface area contributed by atoms with Gasteiger partial charge in [0.05, 0.1) is 25.4 Å². The Morgan fingerprint density at radius 3 is 1.02 bits per heavy atom. The summed E-state index contributed by atoms with van der Waals surface area (Å²) in [4.78, 5) is 13.2. The van der Waals surface area contributed by atoms with Gasteiger partial charge >= 0.3 is 0 Å². The first-order valence-electron chi connectivity index (χ1n) is 38.7. The van der Waals surface area contributed by atoms with E-state index in [0.717, 1.165) is 128 Å². The van der Waals surface area contributed by atoms with Gasteiger partial charge in [0.1, 0.15) is 24.4 Å². The molecule has 1 amide bonds. The Morgan fingerprint density at radius 1 is 0.372 bits per heavy atom. The van der Waals surface area contributed by atoms with Crippen LogP contribution in [0.5, 0.6) is 0 Å². The van der Waals surface area contributed by atoms with Crippen molar-refractivity contribution in [3.05, 3.63) is 158 Å². The van der Waals surface area contributed by atoms with Gasteiger partial charge in [-0.1, -0.05) is 345 Å². The molecule has 9 heteroatoms. The molecule has 1 rings (SSSR count). The molecule has 1 heterocycles. The summed E-state index contributed by atoms with van der Waals surface area (Å²) in [6.45, 7) is 3.66. The highest BCUT2D eigenvalue weighted by atomic mass is 16.7. The van der Waals surface area contributed by atoms with Crippen LogP contribution in [0, 0.1) is 0 Å². The van der Waals surface area contributed by atoms with Crippen LogP contribution in [-0.4, -0.2) is 87.5 Å². The van der Waals surface area contributed by atoms with Gasteiger partial charge < -0.3 is 40.3 Å². The second kappa shape index (κ2) is 71.6. The van der Waals surface area contributed by atoms with E-state index in [0.29, 0.717) is 6.42 Å². The molecule has 1 aliphatic rings. The molecule has 0 spiro atoms. The number of hydrogen-bond donors (Lipinski definition) is 6. The Kier molecular flexibility index (Phi) is 66.9. The molecule has 0 aromatic carbocycles. The Balaban J connectivity index is 2.16. The largest absolute Gasteiger partial charge is 0.394 e. The van der Waals surface area contributed by atoms with Crippen molar-refractivity contribution in [3.8, 4) is 0 Å². The molecule has 94 heavy (non-hydrogen) atoms. The zero-order valence-corrected chi connectivity index (χ0v) is 60.2. The normalized spacial score (nSPS) is 18.5. The predicted octanol–water partition coefficient (Wildman–Crippen LogP) is 22.3. The molecule has 7 atom stereocenters. The molecule has 7 unspecified atom stereocenters. The maximum absolute atomic E-state index is 13.2. The lowest BCUT2D eigenvalue weighted by molar-refractivity contribution is -0.302. The molecule has 536 valence electrons. The monoisotopic (exact) mass is 1310 g/mol. The minimum absolute atomic E-state index is 0.199. The Bertz CT molecular complexity index is 2050. The van der Waals surface area contributed by atoms with Crippen LogP contribution in [0.3, 0.4) is 0 Å². The molecule has 6 N–H and O–H groups in total. The lowest BCUT2D eigenvalue weighted by atomic mass is 9.99. The van der Waals surface area contributed by atoms with Crippen LogP contribution in [0.25, 0.3) is 0 Å². The number of ether oxygens (including phenoxy) is 2. The van der Waals surface area contributed by atoms with Crippen LogP contribution in [0.4, 0.5) is 0 Å². The predicted molar refractivity (Wildman–Crippen MR) is 405 cm³/mol. The van der Waals surface area contributed by atoms with E-state index in [2.05, 4.69) is 165 Å². The van der Waals surface area contributed by atoms with E-state index in [1.165, 1.54) is 167 Å². The van der Waals surface area contributed by atoms with E-state index in [-0.39, 0.29) is 12.5 Å². The van der Waals surface area contributed by atoms with Gasteiger partial charge in [-0.2, -0.15) is 0 Å². The molecule has 0 aliphatic carbocycles. The van der Waals surface area contributed by atoms with E-state index < -0.39 is 49.5 Å². The van der Waals surface area contributed by atoms with Crippen molar-refractivity contribution < 1.29 is 39.8 Å². The van der Waals surface area contributed by atoms with E-state index in [9.17, 15) is 30.3 Å². The van der Waals surface area contributed by atoms with Crippen LogP contribution in [0.2, 0.25) is 0 Å². The van der Waals surface area contributed by atoms with Gasteiger partial charge in [-0.15, -0.1) is 0 Å². The second-order valence-corrected chi connectivity index (χ2v) is 26.0. The number of nitrogens with one attached hydrogen (secondary N) is 1. The number of aliphatic hydroxyl groups is 5. The number of amides is 1. The fourth-order valence-corrected chi connectivity index (χ4v) is 11.3. The van der Waals surface area contributed by atoms with E-state index in [1.54, 1.807) is 6.08 Å². The van der Waals surface area contributed by atoms with E-state index >= 15 is 0 Å². The topological polar surface area (TPSA) is 149 Å². The highest BCUT2D eigenvalue weighted by Gasteiger charge is 2.44. The SMILES string of the molecule is CC/C=C\C/C=C\C/C=C\C/C=C\C/C=C\C/C=C\C/C=C\C/C=C\C/C=C\C/C=C\CCCCCCCCCCCCC(=O)NC(COC1OC(CO)C(O)C(O)C1O)C(O)/C=C/CC/C=C/CC/C=C/CCCCCCCCCCCCCCCCCCCCCC. The average Bonchev–Trinajstić information content (AvgIpc) is 0.831. The number of carbonyl (C=O) groups excluding carboxylic acids is 1. The Morgan fingerprint density at radius 2 is 0.670 bits per heavy atom. The molecule has 0 aromatic heterocycles. The number of carbonyl (C=O) groups is 1. The smallest absolute Gasteiger partial charge is 0.220 e. The minimum atomic E-state index is -1.59. The van der Waals surface area contributed by atoms with Gasteiger partial charge in [-0.05, 0) is 122 Å². The van der Waals surface area contributed by atoms with Crippen LogP contribution in [-0.2, 0) is 14.3 Å². The van der Waals surface area contributed by atoms with Crippen LogP contribution < -0.4 is 5.32 Å². The second-order valence-electron chi connectivity index (χ2n) is 26.0. The molecule has 9 nitrogen and oxygen atoms in total. The summed E-state index contributed by atoms with van der Waals surface area (Å²) in [6, 6.07) is -0.844. The summed E-state index contributed by atoms with van der Waals surface area (Å²) in [7, 11) is 0. The fraction of sp³-hybridized carbons (Fsp3) is 0.682. The molecule has 0 radical (unpaired) electrons. The quantitative estimate of drug-likeness (QED) is 0.0261. The molecule has 1 fully saturated rings. The lowest BCUT2D eigenvalue weighted by Gasteiger charge is -2.40. The standard InChI is InChI=1S/C85H143NO8/c1-3-5-7-9-11-13-15-17-19-21-23-25-27-29-31-33-35-36-37-38-39-40-41-42-43-44-45-47-49-51-53-55-57-59-61-63-65-67-69-71-73-75-81(89)86-78(77-93-85-84(92)83(91)82(90)80(76-87)94-85)79(88)74-72-70-68-66-64-62-60-58-56-54-52-50-48-46-34-32-30-28-26-24-22-20-18-16-14-12-10-8-6-4-2/h5,7,11,13,17,19,23,25,29,31,35-36,38-39,41-42,44-45,49,51,56,58,64,66,72,74,78-80,82-85,87-88,90-92H,3-4,6,8-10,12,14-16,18,20-22,24,26-28,30,32-34,37,40,43,46-48,50,52-55,57,59-63,65,67-71,73,75-77H2,1-2H3,(H,86,89)/b7-5-,13-11-,19-17-,25-23-,31-29-,36-35-,39-38-,42-41-,45-44-,51-49-,58-56+,66-64+,74-72+. The van der Waals surface area contributed by atoms with Crippen LogP contribution in [0.15, 0.2) is 158 Å². The zero-order chi connectivity index (χ0) is 67.8. The minimum Gasteiger partial charge on any atom is -0.394 e. The van der Waals surface area contributed by atoms with Crippen molar-refractivity contribution in [2.75, 3.05) is 13.2 Å². The van der Waals surface area contributed by atoms with Crippen LogP contribution in [0.1, 0.15) is 316 Å². The summed E-state index contributed by atoms with van der Waals surface area (Å²) in [5.74, 6) is -0.199. The summed E-state index contributed by atoms with van der Waals surface area (Å²) < 4.78 is 11.3. The van der Waals surface area contributed by atoms with Gasteiger partial charge in [0, 0.05) is 6.42 Å². The van der Waals surface area contributed by atoms with Gasteiger partial charge in [-0.25, -0.2) is 0 Å². The van der Waals surface area contributed by atoms with E-state index in [1.807, 2.05) is 6.08 Å². The first-order valence-corrected chi connectivity index (χ1v) is 38.7. The van der Waals surface area contributed by atoms with Gasteiger partial charge in [-0.3, -0.25) is 4.79 Å². The summed E-state index contributed by atoms with van der Waals surface area (Å²) in [5, 5.41) is 54.8. The highest BCUT2D eigenvalue weighted by Crippen LogP contribution is 2.23. The molecule has 1 saturated heterocycles. The first kappa shape index (κ1) is 87.8. The van der Waals surface area contributed by atoms with Crippen molar-refractivity contribution in [2.45, 2.75) is 358 Å². The third-order valence-electron chi connectivity index (χ3n) is 17.3. The Labute approximate surface area is 577 Å². The van der Waals surface area contributed by atoms with Crippen molar-refractivity contribution in [3.63, 3.8) is 0 Å². The third kappa shape index (κ3) is 59.1. The molecule has 0 saturated carbocycles. The zero-order valence-electron chi connectivity index (χ0n) is 60.2. The van der Waals surface area contributed by atoms with Crippen molar-refractivity contribution in [1.82, 2.24) is 5.32 Å². The van der Waals surface area contributed by atoms with Crippen molar-refractivity contribution in [1.29, 1.82) is 0 Å². The van der Waals surface area contributed by atoms with E-state index in [4.69, 9.17) is 9.47 Å². The number of aliphatic hydroxyl groups excluding tert-OH is 5. The molecular formula is C85H143NO8. The maximum atomic E-state index is 13.2. The third-order valence-corrected chi connectivity index (χ3v) is 17.3. The highest BCUT2D eigenvalue weighted by molar-refractivity contribution is 5.76. The van der Waals surface area contributed by atoms with Gasteiger partial charge in [0.25, 0.3) is 0 Å². The molecule has 1 aliphatic heterocycles. The Hall–Kier alpha value is -4.19. The average molecular weight is 1310 g/mol. The number of rotatable bonds is 66. The molecule has 0 aromatic rings. The van der Waals surface area contributed by atoms with Gasteiger partial charge in [0.2, 0.25) is 5.91 Å². The molecular weight excluding hydrogens is 1160 g/mol. The lowest BCUT2D eigenvalue weighted by Crippen LogP contribution is -2.60. The van der Waals surface area contributed by atoms with Crippen LogP contribution >= 0.6 is 0 Å². The summed E-state index contributed by atoms with van der Waals surface area (Å²) in [5.41, 5.74) is 0. The first-order chi connectivity index (χ1) is 46.3. The molecule has 0 bridgehead atoms. The summed E-state index contributed by atoms with van der Waals surface area (Å²) >= 11 is 0. The van der Waals surface area contributed by atoms with Crippen molar-refractivity contribution in [2.24, 2.45) is 0 Å². The number of hydrogen-bond acceptors (Lipinski definition) is 8. The number of unbranched alkanes of at least 4 members (excludes halogenated alkanes) is 32. The maximum Gasteiger partial charge on any atom is 0.220 e. The number of allylic oxidation sites excluding steroid dienone is 25. The fourth-order valence-electron chi connectivity index (χ4n) is 11.3. The van der Waals surface area contributed by atoms with Crippen molar-refractivity contribution >= 4 is 5.91 Å². The summed E-state index contributed by atoms with van der Waals surface area (Å²) in [6.07, 6.45) is 105.